The van der Waals surface area contributed by atoms with Gasteiger partial charge in [-0.25, -0.2) is 4.98 Å². The van der Waals surface area contributed by atoms with E-state index >= 15 is 0 Å². The Bertz CT molecular complexity index is 2200. The Balaban J connectivity index is 1.16. The summed E-state index contributed by atoms with van der Waals surface area (Å²) >= 11 is 0. The van der Waals surface area contributed by atoms with Gasteiger partial charge in [-0.3, -0.25) is 4.57 Å². The van der Waals surface area contributed by atoms with Crippen LogP contribution >= 0.6 is 0 Å². The predicted octanol–water partition coefficient (Wildman–Crippen LogP) is 12.2. The second-order valence-corrected chi connectivity index (χ2v) is 17.6. The molecule has 5 nitrogen and oxygen atoms in total. The van der Waals surface area contributed by atoms with E-state index in [1.165, 1.54) is 33.2 Å². The van der Waals surface area contributed by atoms with Gasteiger partial charge >= 0.3 is 0 Å². The topological polar surface area (TPSA) is 33.5 Å². The second-order valence-electron chi connectivity index (χ2n) is 17.6. The van der Waals surface area contributed by atoms with E-state index in [1.807, 2.05) is 12.3 Å². The minimum Gasteiger partial charge on any atom is -0.457 e. The number of ether oxygens (including phenoxy) is 1. The number of anilines is 2. The molecule has 0 radical (unpaired) electrons. The molecule has 0 unspecified atom stereocenters. The van der Waals surface area contributed by atoms with Crippen LogP contribution in [0.1, 0.15) is 79.0 Å². The fourth-order valence-corrected chi connectivity index (χ4v) is 7.22. The first-order valence-corrected chi connectivity index (χ1v) is 18.2. The molecule has 0 bridgehead atoms. The Morgan fingerprint density at radius 2 is 1.24 bits per heavy atom. The number of hydrogen-bond acceptors (Lipinski definition) is 4. The quantitative estimate of drug-likeness (QED) is 0.168. The lowest BCUT2D eigenvalue weighted by molar-refractivity contribution is 0.405. The summed E-state index contributed by atoms with van der Waals surface area (Å²) in [7, 11) is 0. The molecular weight excluding hydrogens is 625 g/mol. The van der Waals surface area contributed by atoms with Crippen molar-refractivity contribution in [3.63, 3.8) is 0 Å². The standard InChI is InChI=1S/C46H52N4O/c1-44(2,3)29-32-23-33(30-45(4,5)6)25-36(24-32)49-22-21-48(31-49)35-13-12-14-37(27-35)51-38-17-18-40-39-15-10-11-16-41(39)50(42(40)28-38)43-26-34(19-20-47-43)46(7,8)9/h10-28H,29-31H2,1-9H3. The SMILES string of the molecule is CC(C)(C)Cc1cc(CC(C)(C)C)cc(N2C=CN(c3cccc(Oc4ccc5c6ccccc6n(-c6cc(C(C)(C)C)ccn6)c5c4)c3)C2)c1. The molecule has 0 spiro atoms. The number of benzene rings is 4. The number of pyridine rings is 1. The zero-order valence-electron chi connectivity index (χ0n) is 31.8. The Morgan fingerprint density at radius 3 is 1.92 bits per heavy atom. The molecule has 7 rings (SSSR count). The molecule has 0 atom stereocenters. The first-order chi connectivity index (χ1) is 24.1. The maximum atomic E-state index is 6.59. The van der Waals surface area contributed by atoms with E-state index in [-0.39, 0.29) is 16.2 Å². The fraction of sp³-hybridized carbons (Fsp3) is 0.326. The molecule has 0 N–H and O–H groups in total. The van der Waals surface area contributed by atoms with Crippen molar-refractivity contribution in [2.45, 2.75) is 80.6 Å². The molecule has 51 heavy (non-hydrogen) atoms. The molecule has 0 saturated heterocycles. The van der Waals surface area contributed by atoms with Gasteiger partial charge in [0, 0.05) is 52.9 Å². The lowest BCUT2D eigenvalue weighted by Crippen LogP contribution is -2.25. The number of aromatic nitrogens is 2. The van der Waals surface area contributed by atoms with Gasteiger partial charge < -0.3 is 14.5 Å². The van der Waals surface area contributed by atoms with Gasteiger partial charge in [-0.15, -0.1) is 0 Å². The van der Waals surface area contributed by atoms with E-state index in [2.05, 4.69) is 180 Å². The van der Waals surface area contributed by atoms with Gasteiger partial charge in [0.2, 0.25) is 0 Å². The van der Waals surface area contributed by atoms with Crippen LogP contribution in [0.5, 0.6) is 11.5 Å². The maximum absolute atomic E-state index is 6.59. The van der Waals surface area contributed by atoms with E-state index in [0.29, 0.717) is 0 Å². The molecule has 4 aromatic carbocycles. The molecule has 2 aromatic heterocycles. The molecule has 3 heterocycles. The Morgan fingerprint density at radius 1 is 0.588 bits per heavy atom. The summed E-state index contributed by atoms with van der Waals surface area (Å²) in [5.74, 6) is 2.50. The highest BCUT2D eigenvalue weighted by atomic mass is 16.5. The summed E-state index contributed by atoms with van der Waals surface area (Å²) in [4.78, 5) is 9.47. The van der Waals surface area contributed by atoms with Gasteiger partial charge in [0.25, 0.3) is 0 Å². The number of nitrogens with zero attached hydrogens (tertiary/aromatic N) is 4. The van der Waals surface area contributed by atoms with E-state index < -0.39 is 0 Å². The fourth-order valence-electron chi connectivity index (χ4n) is 7.22. The molecule has 1 aliphatic heterocycles. The normalized spacial score (nSPS) is 13.9. The Labute approximate surface area is 304 Å². The molecule has 5 heteroatoms. The van der Waals surface area contributed by atoms with Gasteiger partial charge in [-0.05, 0) is 100 Å². The highest BCUT2D eigenvalue weighted by Crippen LogP contribution is 2.37. The molecule has 6 aromatic rings. The van der Waals surface area contributed by atoms with Crippen molar-refractivity contribution in [1.29, 1.82) is 0 Å². The number of hydrogen-bond donors (Lipinski definition) is 0. The van der Waals surface area contributed by atoms with E-state index in [4.69, 9.17) is 9.72 Å². The first kappa shape index (κ1) is 34.4. The monoisotopic (exact) mass is 676 g/mol. The lowest BCUT2D eigenvalue weighted by atomic mass is 9.84. The van der Waals surface area contributed by atoms with Crippen LogP contribution in [0.15, 0.2) is 116 Å². The van der Waals surface area contributed by atoms with Gasteiger partial charge in [-0.1, -0.05) is 92.6 Å². The summed E-state index contributed by atoms with van der Waals surface area (Å²) in [6.07, 6.45) is 8.38. The largest absolute Gasteiger partial charge is 0.457 e. The van der Waals surface area contributed by atoms with Crippen molar-refractivity contribution in [3.05, 3.63) is 132 Å². The van der Waals surface area contributed by atoms with Crippen molar-refractivity contribution in [3.8, 4) is 17.3 Å². The number of fused-ring (bicyclic) bond motifs is 3. The third-order valence-corrected chi connectivity index (χ3v) is 9.44. The average Bonchev–Trinajstić information content (AvgIpc) is 3.66. The molecule has 0 saturated carbocycles. The number of rotatable bonds is 7. The molecule has 262 valence electrons. The lowest BCUT2D eigenvalue weighted by Gasteiger charge is -2.26. The number of para-hydroxylation sites is 1. The van der Waals surface area contributed by atoms with Crippen molar-refractivity contribution >= 4 is 33.2 Å². The molecule has 0 amide bonds. The average molecular weight is 677 g/mol. The summed E-state index contributed by atoms with van der Waals surface area (Å²) in [6.45, 7) is 21.4. The van der Waals surface area contributed by atoms with Crippen LogP contribution in [0.4, 0.5) is 11.4 Å². The molecule has 0 fully saturated rings. The van der Waals surface area contributed by atoms with E-state index in [1.54, 1.807) is 0 Å². The van der Waals surface area contributed by atoms with Gasteiger partial charge in [0.15, 0.2) is 0 Å². The van der Waals surface area contributed by atoms with Crippen LogP contribution in [-0.2, 0) is 18.3 Å². The molecule has 0 aliphatic carbocycles. The van der Waals surface area contributed by atoms with Crippen LogP contribution in [0.3, 0.4) is 0 Å². The van der Waals surface area contributed by atoms with Crippen molar-refractivity contribution in [1.82, 2.24) is 9.55 Å². The van der Waals surface area contributed by atoms with Crippen LogP contribution < -0.4 is 14.5 Å². The third kappa shape index (κ3) is 7.68. The van der Waals surface area contributed by atoms with E-state index in [0.717, 1.165) is 53.5 Å². The minimum absolute atomic E-state index is 0.0167. The molecule has 1 aliphatic rings. The smallest absolute Gasteiger partial charge is 0.137 e. The van der Waals surface area contributed by atoms with Crippen LogP contribution in [0, 0.1) is 10.8 Å². The Kier molecular flexibility index (Phi) is 8.73. The highest BCUT2D eigenvalue weighted by Gasteiger charge is 2.22. The summed E-state index contributed by atoms with van der Waals surface area (Å²) in [6, 6.07) is 34.8. The first-order valence-electron chi connectivity index (χ1n) is 18.2. The van der Waals surface area contributed by atoms with Gasteiger partial charge in [0.1, 0.15) is 17.3 Å². The predicted molar refractivity (Wildman–Crippen MR) is 216 cm³/mol. The van der Waals surface area contributed by atoms with Gasteiger partial charge in [0.05, 0.1) is 17.7 Å². The summed E-state index contributed by atoms with van der Waals surface area (Å²) in [5.41, 5.74) is 9.04. The minimum atomic E-state index is 0.0167. The van der Waals surface area contributed by atoms with Crippen LogP contribution in [0.25, 0.3) is 27.6 Å². The Hall–Kier alpha value is -5.03. The van der Waals surface area contributed by atoms with Crippen LogP contribution in [0.2, 0.25) is 0 Å². The van der Waals surface area contributed by atoms with Crippen molar-refractivity contribution in [2.24, 2.45) is 10.8 Å². The molecular formula is C46H52N4O. The van der Waals surface area contributed by atoms with Gasteiger partial charge in [-0.2, -0.15) is 0 Å². The zero-order chi connectivity index (χ0) is 36.1. The summed E-state index contributed by atoms with van der Waals surface area (Å²) < 4.78 is 8.85. The third-order valence-electron chi connectivity index (χ3n) is 9.44. The second kappa shape index (κ2) is 12.9. The van der Waals surface area contributed by atoms with Crippen molar-refractivity contribution < 1.29 is 4.74 Å². The van der Waals surface area contributed by atoms with Crippen LogP contribution in [-0.4, -0.2) is 16.2 Å². The maximum Gasteiger partial charge on any atom is 0.137 e. The van der Waals surface area contributed by atoms with Crippen molar-refractivity contribution in [2.75, 3.05) is 16.5 Å². The zero-order valence-corrected chi connectivity index (χ0v) is 31.8. The summed E-state index contributed by atoms with van der Waals surface area (Å²) in [5, 5.41) is 2.37. The van der Waals surface area contributed by atoms with E-state index in [9.17, 15) is 0 Å². The highest BCUT2D eigenvalue weighted by molar-refractivity contribution is 6.09.